The molecule has 0 aliphatic carbocycles. The van der Waals surface area contributed by atoms with E-state index in [4.69, 9.17) is 29.9 Å². The predicted octanol–water partition coefficient (Wildman–Crippen LogP) is 18.1. The van der Waals surface area contributed by atoms with Gasteiger partial charge in [0.05, 0.1) is 0 Å². The Labute approximate surface area is 453 Å². The fraction of sp³-hybridized carbons (Fsp3) is 0. The highest BCUT2D eigenvalue weighted by molar-refractivity contribution is 5.84. The maximum Gasteiger partial charge on any atom is 0.164 e. The molecule has 0 spiro atoms. The molecule has 0 radical (unpaired) electrons. The molecule has 366 valence electrons. The molecule has 0 fully saturated rings. The third-order valence-electron chi connectivity index (χ3n) is 14.0. The lowest BCUT2D eigenvalue weighted by atomic mass is 9.93. The Hall–Kier alpha value is -10.6. The zero-order chi connectivity index (χ0) is 52.0. The van der Waals surface area contributed by atoms with Crippen LogP contribution in [0.1, 0.15) is 0 Å². The highest BCUT2D eigenvalue weighted by Gasteiger charge is 2.17. The highest BCUT2D eigenvalue weighted by atomic mass is 15.0. The fourth-order valence-corrected chi connectivity index (χ4v) is 9.92. The van der Waals surface area contributed by atoms with Gasteiger partial charge < -0.3 is 0 Å². The van der Waals surface area contributed by atoms with Crippen molar-refractivity contribution in [1.82, 2.24) is 29.9 Å². The molecule has 13 rings (SSSR count). The van der Waals surface area contributed by atoms with Crippen LogP contribution in [0.25, 0.3) is 135 Å². The summed E-state index contributed by atoms with van der Waals surface area (Å²) in [6.07, 6.45) is 0. The lowest BCUT2D eigenvalue weighted by Gasteiger charge is -2.13. The minimum absolute atomic E-state index is 0.603. The molecule has 13 aromatic rings. The van der Waals surface area contributed by atoms with Crippen LogP contribution < -0.4 is 0 Å². The average molecular weight is 997 g/mol. The molecule has 0 aliphatic heterocycles. The van der Waals surface area contributed by atoms with Gasteiger partial charge in [0.25, 0.3) is 0 Å². The van der Waals surface area contributed by atoms with E-state index in [1.165, 1.54) is 11.1 Å². The van der Waals surface area contributed by atoms with Gasteiger partial charge in [-0.15, -0.1) is 0 Å². The third-order valence-corrected chi connectivity index (χ3v) is 14.0. The molecule has 0 unspecified atom stereocenters. The molecule has 0 amide bonds. The van der Waals surface area contributed by atoms with Crippen molar-refractivity contribution in [2.24, 2.45) is 0 Å². The number of rotatable bonds is 12. The van der Waals surface area contributed by atoms with Gasteiger partial charge in [0.15, 0.2) is 34.9 Å². The van der Waals surface area contributed by atoms with Crippen LogP contribution in [-0.4, -0.2) is 29.9 Å². The summed E-state index contributed by atoms with van der Waals surface area (Å²) < 4.78 is 0. The minimum atomic E-state index is 0.603. The Morgan fingerprint density at radius 1 is 0.115 bits per heavy atom. The van der Waals surface area contributed by atoms with E-state index in [1.54, 1.807) is 0 Å². The van der Waals surface area contributed by atoms with Crippen molar-refractivity contribution in [3.05, 3.63) is 291 Å². The van der Waals surface area contributed by atoms with Crippen LogP contribution in [-0.2, 0) is 0 Å². The van der Waals surface area contributed by atoms with Gasteiger partial charge in [0.1, 0.15) is 0 Å². The molecule has 2 aromatic heterocycles. The topological polar surface area (TPSA) is 77.3 Å². The van der Waals surface area contributed by atoms with E-state index < -0.39 is 0 Å². The summed E-state index contributed by atoms with van der Waals surface area (Å²) in [6, 6.07) is 101. The van der Waals surface area contributed by atoms with Gasteiger partial charge in [-0.2, -0.15) is 0 Å². The van der Waals surface area contributed by atoms with Crippen LogP contribution in [0.2, 0.25) is 0 Å². The Kier molecular flexibility index (Phi) is 12.9. The highest BCUT2D eigenvalue weighted by Crippen LogP contribution is 2.37. The maximum absolute atomic E-state index is 5.15. The van der Waals surface area contributed by atoms with E-state index in [0.717, 1.165) is 89.0 Å². The summed E-state index contributed by atoms with van der Waals surface area (Å²) in [7, 11) is 0. The quantitative estimate of drug-likeness (QED) is 0.121. The normalized spacial score (nSPS) is 11.1. The number of benzene rings is 11. The first-order valence-corrected chi connectivity index (χ1v) is 26.1. The average Bonchev–Trinajstić information content (AvgIpc) is 3.56. The van der Waals surface area contributed by atoms with Gasteiger partial charge in [-0.25, -0.2) is 29.9 Å². The zero-order valence-electron chi connectivity index (χ0n) is 42.4. The Bertz CT molecular complexity index is 4170. The standard InChI is InChI=1S/C72H48N6/c1-6-20-49(21-7-1)56-30-16-31-57(42-56)51-38-40-55(41-39-51)70-74-67(52-24-10-3-11-25-52)75-71(76-70)63-37-19-35-61(45-63)59-33-17-32-58(43-59)60-34-18-36-62(44-60)65-46-64(50-22-8-2-9-23-50)47-66(48-65)72-77-68(53-26-12-4-13-27-53)73-69(78-72)54-28-14-5-15-29-54/h1-48H. The van der Waals surface area contributed by atoms with Gasteiger partial charge in [-0.05, 0) is 109 Å². The molecule has 0 saturated heterocycles. The fourth-order valence-electron chi connectivity index (χ4n) is 9.92. The van der Waals surface area contributed by atoms with Crippen LogP contribution in [0.5, 0.6) is 0 Å². The van der Waals surface area contributed by atoms with Gasteiger partial charge in [0, 0.05) is 33.4 Å². The monoisotopic (exact) mass is 996 g/mol. The summed E-state index contributed by atoms with van der Waals surface area (Å²) in [5.74, 6) is 3.68. The lowest BCUT2D eigenvalue weighted by Crippen LogP contribution is -2.00. The van der Waals surface area contributed by atoms with Crippen molar-refractivity contribution >= 4 is 0 Å². The predicted molar refractivity (Wildman–Crippen MR) is 318 cm³/mol. The first-order valence-electron chi connectivity index (χ1n) is 26.1. The maximum atomic E-state index is 5.15. The Morgan fingerprint density at radius 2 is 0.295 bits per heavy atom. The van der Waals surface area contributed by atoms with Gasteiger partial charge in [0.2, 0.25) is 0 Å². The molecule has 0 atom stereocenters. The first kappa shape index (κ1) is 47.2. The summed E-state index contributed by atoms with van der Waals surface area (Å²) in [6.45, 7) is 0. The Balaban J connectivity index is 0.837. The molecular weight excluding hydrogens is 949 g/mol. The van der Waals surface area contributed by atoms with Crippen LogP contribution in [0.3, 0.4) is 0 Å². The summed E-state index contributed by atoms with van der Waals surface area (Å²) in [5.41, 5.74) is 18.7. The van der Waals surface area contributed by atoms with Crippen molar-refractivity contribution in [1.29, 1.82) is 0 Å². The number of nitrogens with zero attached hydrogens (tertiary/aromatic N) is 6. The van der Waals surface area contributed by atoms with E-state index in [-0.39, 0.29) is 0 Å². The second-order valence-corrected chi connectivity index (χ2v) is 19.1. The third kappa shape index (κ3) is 10.2. The smallest absolute Gasteiger partial charge is 0.164 e. The van der Waals surface area contributed by atoms with E-state index in [9.17, 15) is 0 Å². The van der Waals surface area contributed by atoms with Crippen molar-refractivity contribution in [3.63, 3.8) is 0 Å². The molecule has 78 heavy (non-hydrogen) atoms. The van der Waals surface area contributed by atoms with E-state index >= 15 is 0 Å². The minimum Gasteiger partial charge on any atom is -0.208 e. The summed E-state index contributed by atoms with van der Waals surface area (Å²) >= 11 is 0. The van der Waals surface area contributed by atoms with E-state index in [2.05, 4.69) is 188 Å². The molecule has 2 heterocycles. The number of aromatic nitrogens is 6. The van der Waals surface area contributed by atoms with Crippen LogP contribution >= 0.6 is 0 Å². The van der Waals surface area contributed by atoms with E-state index in [1.807, 2.05) is 103 Å². The van der Waals surface area contributed by atoms with Crippen molar-refractivity contribution in [2.75, 3.05) is 0 Å². The molecular formula is C72H48N6. The van der Waals surface area contributed by atoms with Crippen LogP contribution in [0.4, 0.5) is 0 Å². The van der Waals surface area contributed by atoms with Crippen molar-refractivity contribution < 1.29 is 0 Å². The number of hydrogen-bond donors (Lipinski definition) is 0. The van der Waals surface area contributed by atoms with Gasteiger partial charge in [-0.3, -0.25) is 0 Å². The SMILES string of the molecule is c1ccc(-c2cccc(-c3ccc(-c4nc(-c5ccccc5)nc(-c5cccc(-c6cccc(-c7cccc(-c8cc(-c9ccccc9)cc(-c9nc(-c%10ccccc%10)nc(-c%10ccccc%10)n9)c8)c7)c6)c5)n4)cc3)c2)cc1. The van der Waals surface area contributed by atoms with Crippen molar-refractivity contribution in [2.45, 2.75) is 0 Å². The zero-order valence-corrected chi connectivity index (χ0v) is 42.4. The molecule has 11 aromatic carbocycles. The van der Waals surface area contributed by atoms with Crippen LogP contribution in [0.15, 0.2) is 291 Å². The molecule has 0 aliphatic rings. The second-order valence-electron chi connectivity index (χ2n) is 19.1. The molecule has 0 bridgehead atoms. The van der Waals surface area contributed by atoms with E-state index in [0.29, 0.717) is 34.9 Å². The molecule has 0 N–H and O–H groups in total. The summed E-state index contributed by atoms with van der Waals surface area (Å²) in [5, 5.41) is 0. The first-order chi connectivity index (χ1) is 38.6. The largest absolute Gasteiger partial charge is 0.208 e. The Morgan fingerprint density at radius 3 is 0.667 bits per heavy atom. The second kappa shape index (κ2) is 21.4. The lowest BCUT2D eigenvalue weighted by molar-refractivity contribution is 1.07. The molecule has 6 nitrogen and oxygen atoms in total. The summed E-state index contributed by atoms with van der Waals surface area (Å²) in [4.78, 5) is 30.5. The van der Waals surface area contributed by atoms with Gasteiger partial charge >= 0.3 is 0 Å². The molecule has 0 saturated carbocycles. The van der Waals surface area contributed by atoms with Crippen LogP contribution in [0, 0.1) is 0 Å². The van der Waals surface area contributed by atoms with Gasteiger partial charge in [-0.1, -0.05) is 249 Å². The van der Waals surface area contributed by atoms with Crippen molar-refractivity contribution in [3.8, 4) is 135 Å². The molecule has 6 heteroatoms. The number of hydrogen-bond acceptors (Lipinski definition) is 6.